The van der Waals surface area contributed by atoms with Crippen LogP contribution < -0.4 is 29.7 Å². The van der Waals surface area contributed by atoms with Crippen LogP contribution in [-0.4, -0.2) is 44.5 Å². The SMILES string of the molecule is COc1ccc(OCC(=O)N/N=C(/C)CC(=O)Nc2ccc3c(c2)OCCO3)cc1. The van der Waals surface area contributed by atoms with E-state index >= 15 is 0 Å². The van der Waals surface area contributed by atoms with Crippen LogP contribution >= 0.6 is 0 Å². The van der Waals surface area contributed by atoms with E-state index in [-0.39, 0.29) is 18.9 Å². The third-order valence-electron chi connectivity index (χ3n) is 4.04. The van der Waals surface area contributed by atoms with Crippen LogP contribution in [0, 0.1) is 0 Å². The summed E-state index contributed by atoms with van der Waals surface area (Å²) in [4.78, 5) is 24.0. The Morgan fingerprint density at radius 1 is 1.00 bits per heavy atom. The quantitative estimate of drug-likeness (QED) is 0.508. The van der Waals surface area contributed by atoms with Gasteiger partial charge in [-0.25, -0.2) is 5.43 Å². The van der Waals surface area contributed by atoms with Crippen molar-refractivity contribution in [1.82, 2.24) is 5.43 Å². The molecular formula is C21H23N3O6. The molecule has 2 N–H and O–H groups in total. The van der Waals surface area contributed by atoms with E-state index < -0.39 is 5.91 Å². The van der Waals surface area contributed by atoms with Gasteiger partial charge >= 0.3 is 0 Å². The number of hydrazone groups is 1. The van der Waals surface area contributed by atoms with Crippen molar-refractivity contribution < 1.29 is 28.5 Å². The lowest BCUT2D eigenvalue weighted by atomic mass is 10.2. The molecular weight excluding hydrogens is 390 g/mol. The summed E-state index contributed by atoms with van der Waals surface area (Å²) in [6.45, 7) is 2.42. The number of benzene rings is 2. The molecule has 2 aromatic carbocycles. The van der Waals surface area contributed by atoms with Gasteiger partial charge in [-0.1, -0.05) is 0 Å². The van der Waals surface area contributed by atoms with Crippen molar-refractivity contribution in [3.63, 3.8) is 0 Å². The number of hydrogen-bond acceptors (Lipinski definition) is 7. The van der Waals surface area contributed by atoms with Gasteiger partial charge in [0.15, 0.2) is 18.1 Å². The molecule has 0 radical (unpaired) electrons. The van der Waals surface area contributed by atoms with Crippen LogP contribution in [0.3, 0.4) is 0 Å². The topological polar surface area (TPSA) is 107 Å². The molecule has 158 valence electrons. The third-order valence-corrected chi connectivity index (χ3v) is 4.04. The molecule has 0 aromatic heterocycles. The van der Waals surface area contributed by atoms with Crippen molar-refractivity contribution in [3.05, 3.63) is 42.5 Å². The molecule has 0 fully saturated rings. The lowest BCUT2D eigenvalue weighted by molar-refractivity contribution is -0.123. The molecule has 2 amide bonds. The maximum atomic E-state index is 12.2. The highest BCUT2D eigenvalue weighted by atomic mass is 16.6. The molecule has 2 aromatic rings. The summed E-state index contributed by atoms with van der Waals surface area (Å²) < 4.78 is 21.4. The number of rotatable bonds is 8. The van der Waals surface area contributed by atoms with Crippen LogP contribution in [0.1, 0.15) is 13.3 Å². The molecule has 9 nitrogen and oxygen atoms in total. The fourth-order valence-corrected chi connectivity index (χ4v) is 2.61. The molecule has 0 bridgehead atoms. The number of ether oxygens (including phenoxy) is 4. The Balaban J connectivity index is 1.42. The molecule has 0 saturated carbocycles. The van der Waals surface area contributed by atoms with Gasteiger partial charge in [-0.15, -0.1) is 0 Å². The number of carbonyl (C=O) groups excluding carboxylic acids is 2. The van der Waals surface area contributed by atoms with E-state index in [1.54, 1.807) is 56.5 Å². The molecule has 3 rings (SSSR count). The predicted octanol–water partition coefficient (Wildman–Crippen LogP) is 2.37. The van der Waals surface area contributed by atoms with Crippen LogP contribution in [0.25, 0.3) is 0 Å². The molecule has 30 heavy (non-hydrogen) atoms. The molecule has 0 saturated heterocycles. The summed E-state index contributed by atoms with van der Waals surface area (Å²) in [7, 11) is 1.57. The van der Waals surface area contributed by atoms with E-state index in [0.29, 0.717) is 47.6 Å². The minimum atomic E-state index is -0.433. The first kappa shape index (κ1) is 21.0. The summed E-state index contributed by atoms with van der Waals surface area (Å²) in [6.07, 6.45) is 0.0219. The second-order valence-corrected chi connectivity index (χ2v) is 6.43. The largest absolute Gasteiger partial charge is 0.497 e. The predicted molar refractivity (Wildman–Crippen MR) is 110 cm³/mol. The van der Waals surface area contributed by atoms with E-state index in [1.165, 1.54) is 0 Å². The summed E-state index contributed by atoms with van der Waals surface area (Å²) in [5.74, 6) is 1.77. The lowest BCUT2D eigenvalue weighted by Gasteiger charge is -2.19. The Kier molecular flexibility index (Phi) is 7.09. The maximum Gasteiger partial charge on any atom is 0.277 e. The van der Waals surface area contributed by atoms with Crippen molar-refractivity contribution in [2.24, 2.45) is 5.10 Å². The molecule has 9 heteroatoms. The molecule has 1 aliphatic heterocycles. The molecule has 1 heterocycles. The van der Waals surface area contributed by atoms with Gasteiger partial charge in [0, 0.05) is 17.5 Å². The van der Waals surface area contributed by atoms with Crippen LogP contribution in [0.2, 0.25) is 0 Å². The number of nitrogens with zero attached hydrogens (tertiary/aromatic N) is 1. The van der Waals surface area contributed by atoms with Crippen LogP contribution in [-0.2, 0) is 9.59 Å². The van der Waals surface area contributed by atoms with Crippen molar-refractivity contribution in [2.45, 2.75) is 13.3 Å². The van der Waals surface area contributed by atoms with E-state index in [1.807, 2.05) is 0 Å². The standard InChI is InChI=1S/C21H23N3O6/c1-14(23-24-21(26)13-30-17-6-4-16(27-2)5-7-17)11-20(25)22-15-3-8-18-19(12-15)29-10-9-28-18/h3-8,12H,9-11,13H2,1-2H3,(H,22,25)(H,24,26)/b23-14-. The first-order valence-electron chi connectivity index (χ1n) is 9.32. The number of carbonyl (C=O) groups is 2. The summed E-state index contributed by atoms with van der Waals surface area (Å²) in [6, 6.07) is 12.0. The number of fused-ring (bicyclic) bond motifs is 1. The van der Waals surface area contributed by atoms with E-state index in [0.717, 1.165) is 0 Å². The van der Waals surface area contributed by atoms with Gasteiger partial charge in [-0.2, -0.15) is 5.10 Å². The van der Waals surface area contributed by atoms with Crippen molar-refractivity contribution in [3.8, 4) is 23.0 Å². The smallest absolute Gasteiger partial charge is 0.277 e. The highest BCUT2D eigenvalue weighted by Gasteiger charge is 2.13. The van der Waals surface area contributed by atoms with Crippen molar-refractivity contribution in [1.29, 1.82) is 0 Å². The highest BCUT2D eigenvalue weighted by molar-refractivity contribution is 6.05. The minimum absolute atomic E-state index is 0.0219. The van der Waals surface area contributed by atoms with Crippen molar-refractivity contribution >= 4 is 23.2 Å². The zero-order chi connectivity index (χ0) is 21.3. The van der Waals surface area contributed by atoms with Crippen LogP contribution in [0.5, 0.6) is 23.0 Å². The fourth-order valence-electron chi connectivity index (χ4n) is 2.61. The number of methoxy groups -OCH3 is 1. The number of hydrogen-bond donors (Lipinski definition) is 2. The van der Waals surface area contributed by atoms with E-state index in [2.05, 4.69) is 15.8 Å². The molecule has 0 atom stereocenters. The van der Waals surface area contributed by atoms with Gasteiger partial charge in [-0.05, 0) is 43.3 Å². The van der Waals surface area contributed by atoms with Gasteiger partial charge in [-0.3, -0.25) is 9.59 Å². The number of nitrogens with one attached hydrogen (secondary N) is 2. The summed E-state index contributed by atoms with van der Waals surface area (Å²) in [5, 5.41) is 6.69. The van der Waals surface area contributed by atoms with Gasteiger partial charge in [0.25, 0.3) is 5.91 Å². The van der Waals surface area contributed by atoms with Gasteiger partial charge < -0.3 is 24.3 Å². The normalized spacial score (nSPS) is 12.7. The molecule has 0 unspecified atom stereocenters. The zero-order valence-electron chi connectivity index (χ0n) is 16.8. The Morgan fingerprint density at radius 3 is 2.43 bits per heavy atom. The van der Waals surface area contributed by atoms with Gasteiger partial charge in [0.05, 0.1) is 13.5 Å². The average molecular weight is 413 g/mol. The van der Waals surface area contributed by atoms with Crippen molar-refractivity contribution in [2.75, 3.05) is 32.2 Å². The summed E-state index contributed by atoms with van der Waals surface area (Å²) in [5.41, 5.74) is 3.41. The highest BCUT2D eigenvalue weighted by Crippen LogP contribution is 2.32. The molecule has 1 aliphatic rings. The second kappa shape index (κ2) is 10.1. The molecule has 0 spiro atoms. The maximum absolute atomic E-state index is 12.2. The molecule has 0 aliphatic carbocycles. The first-order chi connectivity index (χ1) is 14.5. The second-order valence-electron chi connectivity index (χ2n) is 6.43. The first-order valence-corrected chi connectivity index (χ1v) is 9.32. The van der Waals surface area contributed by atoms with Crippen LogP contribution in [0.15, 0.2) is 47.6 Å². The van der Waals surface area contributed by atoms with E-state index in [9.17, 15) is 9.59 Å². The van der Waals surface area contributed by atoms with E-state index in [4.69, 9.17) is 18.9 Å². The Labute approximate surface area is 174 Å². The Bertz CT molecular complexity index is 927. The fraction of sp³-hybridized carbons (Fsp3) is 0.286. The van der Waals surface area contributed by atoms with Gasteiger partial charge in [0.1, 0.15) is 24.7 Å². The lowest BCUT2D eigenvalue weighted by Crippen LogP contribution is -2.26. The van der Waals surface area contributed by atoms with Crippen LogP contribution in [0.4, 0.5) is 5.69 Å². The average Bonchev–Trinajstić information content (AvgIpc) is 2.76. The number of anilines is 1. The van der Waals surface area contributed by atoms with Gasteiger partial charge in [0.2, 0.25) is 5.91 Å². The Hall–Kier alpha value is -3.75. The minimum Gasteiger partial charge on any atom is -0.497 e. The summed E-state index contributed by atoms with van der Waals surface area (Å²) >= 11 is 0. The zero-order valence-corrected chi connectivity index (χ0v) is 16.8. The Morgan fingerprint density at radius 2 is 1.70 bits per heavy atom. The third kappa shape index (κ3) is 6.13. The number of amides is 2. The monoisotopic (exact) mass is 413 g/mol.